The lowest BCUT2D eigenvalue weighted by atomic mass is 10.2. The highest BCUT2D eigenvalue weighted by Gasteiger charge is 2.19. The first kappa shape index (κ1) is 13.6. The number of methoxy groups -OCH3 is 1. The molecule has 0 aliphatic carbocycles. The van der Waals surface area contributed by atoms with Gasteiger partial charge < -0.3 is 19.6 Å². The number of hydrogen-bond donors (Lipinski definition) is 1. The Morgan fingerprint density at radius 1 is 0.905 bits per heavy atom. The summed E-state index contributed by atoms with van der Waals surface area (Å²) in [5, 5.41) is 9.59. The van der Waals surface area contributed by atoms with Crippen LogP contribution in [0.5, 0.6) is 11.5 Å². The van der Waals surface area contributed by atoms with Gasteiger partial charge in [0.2, 0.25) is 0 Å². The molecular formula is C17H20N2O2. The molecule has 2 aromatic carbocycles. The Bertz CT molecular complexity index is 607. The third kappa shape index (κ3) is 2.89. The van der Waals surface area contributed by atoms with Gasteiger partial charge in [-0.3, -0.25) is 0 Å². The first-order valence-electron chi connectivity index (χ1n) is 7.20. The van der Waals surface area contributed by atoms with E-state index in [-0.39, 0.29) is 0 Å². The van der Waals surface area contributed by atoms with Gasteiger partial charge >= 0.3 is 0 Å². The summed E-state index contributed by atoms with van der Waals surface area (Å²) in [5.74, 6) is 1.24. The van der Waals surface area contributed by atoms with Gasteiger partial charge in [0.25, 0.3) is 0 Å². The van der Waals surface area contributed by atoms with Crippen LogP contribution in [-0.4, -0.2) is 38.4 Å². The van der Waals surface area contributed by atoms with Gasteiger partial charge in [0.15, 0.2) is 0 Å². The van der Waals surface area contributed by atoms with Crippen molar-refractivity contribution in [3.63, 3.8) is 0 Å². The van der Waals surface area contributed by atoms with Crippen molar-refractivity contribution in [1.29, 1.82) is 0 Å². The number of phenols is 1. The van der Waals surface area contributed by atoms with Crippen LogP contribution in [0.2, 0.25) is 0 Å². The zero-order valence-corrected chi connectivity index (χ0v) is 12.2. The predicted octanol–water partition coefficient (Wildman–Crippen LogP) is 2.73. The van der Waals surface area contributed by atoms with Crippen LogP contribution in [0.15, 0.2) is 48.5 Å². The fraction of sp³-hybridized carbons (Fsp3) is 0.294. The molecular weight excluding hydrogens is 264 g/mol. The van der Waals surface area contributed by atoms with Crippen LogP contribution < -0.4 is 14.5 Å². The van der Waals surface area contributed by atoms with Crippen LogP contribution in [0.4, 0.5) is 11.4 Å². The highest BCUT2D eigenvalue weighted by molar-refractivity contribution is 5.60. The van der Waals surface area contributed by atoms with Gasteiger partial charge in [0.1, 0.15) is 11.5 Å². The summed E-state index contributed by atoms with van der Waals surface area (Å²) < 4.78 is 5.44. The first-order valence-corrected chi connectivity index (χ1v) is 7.20. The lowest BCUT2D eigenvalue weighted by molar-refractivity contribution is 0.413. The van der Waals surface area contributed by atoms with Gasteiger partial charge in [0.05, 0.1) is 12.8 Å². The first-order chi connectivity index (χ1) is 10.3. The topological polar surface area (TPSA) is 35.9 Å². The minimum atomic E-state index is 0.319. The minimum absolute atomic E-state index is 0.319. The molecule has 0 amide bonds. The van der Waals surface area contributed by atoms with Gasteiger partial charge in [-0.15, -0.1) is 0 Å². The number of phenolic OH excluding ortho intramolecular Hbond substituents is 1. The quantitative estimate of drug-likeness (QED) is 0.940. The number of nitrogens with zero attached hydrogens (tertiary/aromatic N) is 2. The van der Waals surface area contributed by atoms with Crippen LogP contribution in [0.3, 0.4) is 0 Å². The Labute approximate surface area is 125 Å². The second-order valence-electron chi connectivity index (χ2n) is 5.17. The zero-order chi connectivity index (χ0) is 14.7. The number of ether oxygens (including phenoxy) is 1. The van der Waals surface area contributed by atoms with E-state index in [2.05, 4.69) is 15.9 Å². The van der Waals surface area contributed by atoms with Crippen molar-refractivity contribution in [3.05, 3.63) is 48.5 Å². The number of piperazine rings is 1. The normalized spacial score (nSPS) is 15.1. The molecule has 3 rings (SSSR count). The molecule has 0 unspecified atom stereocenters. The highest BCUT2D eigenvalue weighted by Crippen LogP contribution is 2.29. The van der Waals surface area contributed by atoms with Crippen molar-refractivity contribution >= 4 is 11.4 Å². The molecule has 1 aliphatic rings. The molecule has 4 heteroatoms. The number of para-hydroxylation sites is 2. The summed E-state index contributed by atoms with van der Waals surface area (Å²) in [4.78, 5) is 4.64. The number of anilines is 2. The van der Waals surface area contributed by atoms with Gasteiger partial charge in [-0.1, -0.05) is 18.2 Å². The number of aromatic hydroxyl groups is 1. The molecule has 4 nitrogen and oxygen atoms in total. The van der Waals surface area contributed by atoms with Crippen molar-refractivity contribution in [2.24, 2.45) is 0 Å². The van der Waals surface area contributed by atoms with Crippen LogP contribution in [0.1, 0.15) is 0 Å². The van der Waals surface area contributed by atoms with Crippen LogP contribution in [0.25, 0.3) is 0 Å². The molecule has 0 bridgehead atoms. The van der Waals surface area contributed by atoms with Gasteiger partial charge in [-0.2, -0.15) is 0 Å². The molecule has 1 aliphatic heterocycles. The average Bonchev–Trinajstić information content (AvgIpc) is 2.55. The summed E-state index contributed by atoms with van der Waals surface area (Å²) in [6.07, 6.45) is 0. The van der Waals surface area contributed by atoms with Crippen LogP contribution in [0, 0.1) is 0 Å². The fourth-order valence-corrected chi connectivity index (χ4v) is 2.79. The van der Waals surface area contributed by atoms with E-state index in [0.717, 1.165) is 43.3 Å². The standard InChI is InChI=1S/C17H20N2O2/c1-21-17-8-3-2-7-16(17)19-11-9-18(10-12-19)14-5-4-6-15(20)13-14/h2-8,13,20H,9-12H2,1H3. The van der Waals surface area contributed by atoms with E-state index in [1.54, 1.807) is 13.2 Å². The molecule has 1 N–H and O–H groups in total. The van der Waals surface area contributed by atoms with E-state index in [4.69, 9.17) is 4.74 Å². The largest absolute Gasteiger partial charge is 0.508 e. The molecule has 2 aromatic rings. The minimum Gasteiger partial charge on any atom is -0.508 e. The second-order valence-corrected chi connectivity index (χ2v) is 5.17. The molecule has 1 heterocycles. The molecule has 0 saturated carbocycles. The SMILES string of the molecule is COc1ccccc1N1CCN(c2cccc(O)c2)CC1. The smallest absolute Gasteiger partial charge is 0.142 e. The van der Waals surface area contributed by atoms with Crippen molar-refractivity contribution in [2.75, 3.05) is 43.1 Å². The molecule has 0 radical (unpaired) electrons. The Morgan fingerprint density at radius 2 is 1.62 bits per heavy atom. The van der Waals surface area contributed by atoms with Crippen molar-refractivity contribution in [2.45, 2.75) is 0 Å². The maximum Gasteiger partial charge on any atom is 0.142 e. The summed E-state index contributed by atoms with van der Waals surface area (Å²) >= 11 is 0. The van der Waals surface area contributed by atoms with E-state index in [0.29, 0.717) is 5.75 Å². The van der Waals surface area contributed by atoms with E-state index in [1.807, 2.05) is 36.4 Å². The van der Waals surface area contributed by atoms with Crippen LogP contribution in [-0.2, 0) is 0 Å². The maximum atomic E-state index is 9.59. The lowest BCUT2D eigenvalue weighted by Gasteiger charge is -2.37. The van der Waals surface area contributed by atoms with E-state index >= 15 is 0 Å². The molecule has 1 saturated heterocycles. The van der Waals surface area contributed by atoms with E-state index in [9.17, 15) is 5.11 Å². The van der Waals surface area contributed by atoms with Crippen molar-refractivity contribution in [1.82, 2.24) is 0 Å². The summed E-state index contributed by atoms with van der Waals surface area (Å²) in [7, 11) is 1.71. The fourth-order valence-electron chi connectivity index (χ4n) is 2.79. The third-order valence-electron chi connectivity index (χ3n) is 3.90. The monoisotopic (exact) mass is 284 g/mol. The van der Waals surface area contributed by atoms with E-state index in [1.165, 1.54) is 0 Å². The Hall–Kier alpha value is -2.36. The Morgan fingerprint density at radius 3 is 2.33 bits per heavy atom. The van der Waals surface area contributed by atoms with Crippen molar-refractivity contribution in [3.8, 4) is 11.5 Å². The molecule has 1 fully saturated rings. The Kier molecular flexibility index (Phi) is 3.86. The molecule has 0 aromatic heterocycles. The summed E-state index contributed by atoms with van der Waals surface area (Å²) in [5.41, 5.74) is 2.23. The number of rotatable bonds is 3. The number of hydrogen-bond acceptors (Lipinski definition) is 4. The van der Waals surface area contributed by atoms with Gasteiger partial charge in [0, 0.05) is 37.9 Å². The van der Waals surface area contributed by atoms with Gasteiger partial charge in [-0.05, 0) is 24.3 Å². The lowest BCUT2D eigenvalue weighted by Crippen LogP contribution is -2.46. The van der Waals surface area contributed by atoms with Crippen molar-refractivity contribution < 1.29 is 9.84 Å². The summed E-state index contributed by atoms with van der Waals surface area (Å²) in [6.45, 7) is 3.75. The predicted molar refractivity (Wildman–Crippen MR) is 85.5 cm³/mol. The molecule has 21 heavy (non-hydrogen) atoms. The molecule has 0 spiro atoms. The third-order valence-corrected chi connectivity index (χ3v) is 3.90. The average molecular weight is 284 g/mol. The van der Waals surface area contributed by atoms with Gasteiger partial charge in [-0.25, -0.2) is 0 Å². The number of benzene rings is 2. The molecule has 110 valence electrons. The summed E-state index contributed by atoms with van der Waals surface area (Å²) in [6, 6.07) is 15.6. The van der Waals surface area contributed by atoms with E-state index < -0.39 is 0 Å². The highest BCUT2D eigenvalue weighted by atomic mass is 16.5. The van der Waals surface area contributed by atoms with Crippen LogP contribution >= 0.6 is 0 Å². The molecule has 0 atom stereocenters. The zero-order valence-electron chi connectivity index (χ0n) is 12.2. The second kappa shape index (κ2) is 5.95. The Balaban J connectivity index is 1.70. The maximum absolute atomic E-state index is 9.59.